The normalized spacial score (nSPS) is 12.5. The van der Waals surface area contributed by atoms with Gasteiger partial charge in [0.05, 0.1) is 13.2 Å². The lowest BCUT2D eigenvalue weighted by Gasteiger charge is -2.26. The lowest BCUT2D eigenvalue weighted by molar-refractivity contribution is -0.149. The van der Waals surface area contributed by atoms with E-state index < -0.39 is 37.9 Å². The van der Waals surface area contributed by atoms with Crippen LogP contribution in [0.4, 0.5) is 4.79 Å². The van der Waals surface area contributed by atoms with E-state index in [-0.39, 0.29) is 56.9 Å². The first kappa shape index (κ1) is 46.8. The molecule has 0 saturated heterocycles. The Kier molecular flexibility index (Phi) is 17.7. The van der Waals surface area contributed by atoms with Crippen LogP contribution in [0.1, 0.15) is 53.6 Å². The molecule has 0 aliphatic carbocycles. The van der Waals surface area contributed by atoms with E-state index in [1.54, 1.807) is 18.2 Å². The predicted molar refractivity (Wildman–Crippen MR) is 243 cm³/mol. The minimum absolute atomic E-state index is 0.0120. The Morgan fingerprint density at radius 3 is 1.47 bits per heavy atom. The number of nitrogens with one attached hydrogen (secondary N) is 2. The second-order valence-corrected chi connectivity index (χ2v) is 16.6. The van der Waals surface area contributed by atoms with Crippen LogP contribution in [-0.4, -0.2) is 30.1 Å². The van der Waals surface area contributed by atoms with Gasteiger partial charge in [0.15, 0.2) is 11.5 Å². The first-order valence-electron chi connectivity index (χ1n) is 21.1. The maximum Gasteiger partial charge on any atom is 0.530 e. The summed E-state index contributed by atoms with van der Waals surface area (Å²) in [5, 5.41) is 5.55. The summed E-state index contributed by atoms with van der Waals surface area (Å²) in [6, 6.07) is 48.9. The highest BCUT2D eigenvalue weighted by Crippen LogP contribution is 2.53. The molecule has 13 heteroatoms. The third-order valence-corrected chi connectivity index (χ3v) is 11.5. The van der Waals surface area contributed by atoms with Gasteiger partial charge in [0, 0.05) is 6.42 Å². The SMILES string of the molecule is CC[C@H](C)[C@H](NC(=O)OCc1ccccc1)C(=O)N[C@@H](Cc1ccc(OP(=O)(OCc2ccccc2)OCc2ccccc2)c(OCc2ccccc2)c1)C(=O)OCc1ccccc1. The number of phosphoric acid groups is 1. The van der Waals surface area contributed by atoms with Gasteiger partial charge >= 0.3 is 19.9 Å². The molecular formula is C51H53N2O10P. The van der Waals surface area contributed by atoms with Crippen molar-refractivity contribution in [3.8, 4) is 11.5 Å². The quantitative estimate of drug-likeness (QED) is 0.0471. The van der Waals surface area contributed by atoms with E-state index in [2.05, 4.69) is 10.6 Å². The molecule has 0 bridgehead atoms. The molecule has 0 fully saturated rings. The summed E-state index contributed by atoms with van der Waals surface area (Å²) < 4.78 is 50.0. The minimum atomic E-state index is -4.32. The fourth-order valence-electron chi connectivity index (χ4n) is 6.38. The van der Waals surface area contributed by atoms with E-state index in [0.29, 0.717) is 12.0 Å². The third kappa shape index (κ3) is 15.0. The molecule has 0 aromatic heterocycles. The number of ether oxygens (including phenoxy) is 3. The van der Waals surface area contributed by atoms with Gasteiger partial charge in [-0.1, -0.05) is 178 Å². The number of esters is 1. The highest BCUT2D eigenvalue weighted by molar-refractivity contribution is 7.48. The van der Waals surface area contributed by atoms with Gasteiger partial charge in [0.1, 0.15) is 31.9 Å². The summed E-state index contributed by atoms with van der Waals surface area (Å²) in [5.74, 6) is -1.39. The smallest absolute Gasteiger partial charge is 0.485 e. The van der Waals surface area contributed by atoms with Crippen molar-refractivity contribution in [1.82, 2.24) is 10.6 Å². The third-order valence-electron chi connectivity index (χ3n) is 10.2. The lowest BCUT2D eigenvalue weighted by atomic mass is 9.97. The van der Waals surface area contributed by atoms with Gasteiger partial charge < -0.3 is 29.4 Å². The molecule has 0 aliphatic heterocycles. The van der Waals surface area contributed by atoms with Gasteiger partial charge in [-0.2, -0.15) is 0 Å². The van der Waals surface area contributed by atoms with Crippen molar-refractivity contribution < 1.29 is 46.7 Å². The number of benzene rings is 6. The van der Waals surface area contributed by atoms with Crippen molar-refractivity contribution in [1.29, 1.82) is 0 Å². The topological polar surface area (TPSA) is 148 Å². The summed E-state index contributed by atoms with van der Waals surface area (Å²) >= 11 is 0. The van der Waals surface area contributed by atoms with Gasteiger partial charge in [-0.15, -0.1) is 0 Å². The van der Waals surface area contributed by atoms with Gasteiger partial charge in [0.2, 0.25) is 5.91 Å². The highest BCUT2D eigenvalue weighted by Gasteiger charge is 2.33. The molecule has 0 saturated carbocycles. The molecule has 6 aromatic rings. The number of alkyl carbamates (subject to hydrolysis) is 1. The molecule has 2 amide bonds. The van der Waals surface area contributed by atoms with Crippen molar-refractivity contribution >= 4 is 25.8 Å². The average Bonchev–Trinajstić information content (AvgIpc) is 3.34. The maximum atomic E-state index is 14.5. The second-order valence-electron chi connectivity index (χ2n) is 15.0. The lowest BCUT2D eigenvalue weighted by Crippen LogP contribution is -2.54. The van der Waals surface area contributed by atoms with E-state index in [1.807, 2.05) is 166 Å². The standard InChI is InChI=1S/C51H53N2O10P/c1-3-38(2)48(53-51(56)60-35-41-23-13-6-14-24-41)49(54)52-45(50(55)59-34-40-21-11-5-12-22-40)31-44-29-30-46(47(32-44)58-33-39-19-9-4-10-20-39)63-64(57,61-36-42-25-15-7-16-26-42)62-37-43-27-17-8-18-28-43/h4-30,32,38,45,48H,3,31,33-37H2,1-2H3,(H,52,54)(H,53,56)/t38-,45-,48-/m0/s1. The zero-order chi connectivity index (χ0) is 45.0. The first-order chi connectivity index (χ1) is 31.2. The fraction of sp³-hybridized carbons (Fsp3) is 0.235. The Morgan fingerprint density at radius 1 is 0.531 bits per heavy atom. The van der Waals surface area contributed by atoms with E-state index in [0.717, 1.165) is 27.8 Å². The first-order valence-corrected chi connectivity index (χ1v) is 22.6. The van der Waals surface area contributed by atoms with Gasteiger partial charge in [-0.25, -0.2) is 14.2 Å². The molecule has 2 N–H and O–H groups in total. The van der Waals surface area contributed by atoms with Crippen LogP contribution in [0, 0.1) is 5.92 Å². The Morgan fingerprint density at radius 2 is 0.984 bits per heavy atom. The number of hydrogen-bond donors (Lipinski definition) is 2. The zero-order valence-corrected chi connectivity index (χ0v) is 36.8. The van der Waals surface area contributed by atoms with Crippen LogP contribution in [-0.2, 0) is 72.1 Å². The van der Waals surface area contributed by atoms with Crippen LogP contribution in [0.15, 0.2) is 170 Å². The van der Waals surface area contributed by atoms with E-state index in [9.17, 15) is 18.9 Å². The molecule has 0 heterocycles. The van der Waals surface area contributed by atoms with E-state index in [4.69, 9.17) is 27.8 Å². The van der Waals surface area contributed by atoms with E-state index >= 15 is 0 Å². The number of amides is 2. The molecule has 0 unspecified atom stereocenters. The van der Waals surface area contributed by atoms with Crippen molar-refractivity contribution in [3.05, 3.63) is 203 Å². The Bertz CT molecular complexity index is 2360. The summed E-state index contributed by atoms with van der Waals surface area (Å²) in [5.41, 5.74) is 4.45. The van der Waals surface area contributed by atoms with Crippen LogP contribution in [0.5, 0.6) is 11.5 Å². The van der Waals surface area contributed by atoms with Gasteiger partial charge in [-0.3, -0.25) is 13.8 Å². The van der Waals surface area contributed by atoms with Crippen molar-refractivity contribution in [2.75, 3.05) is 0 Å². The van der Waals surface area contributed by atoms with Gasteiger partial charge in [-0.05, 0) is 51.4 Å². The molecule has 0 aliphatic rings. The number of carbonyl (C=O) groups is 3. The molecule has 12 nitrogen and oxygen atoms in total. The van der Waals surface area contributed by atoms with Crippen LogP contribution >= 0.6 is 7.82 Å². The minimum Gasteiger partial charge on any atom is -0.485 e. The van der Waals surface area contributed by atoms with Crippen LogP contribution in [0.25, 0.3) is 0 Å². The molecule has 3 atom stereocenters. The Balaban J connectivity index is 1.27. The monoisotopic (exact) mass is 884 g/mol. The summed E-state index contributed by atoms with van der Waals surface area (Å²) in [7, 11) is -4.32. The second kappa shape index (κ2) is 24.2. The molecule has 6 aromatic carbocycles. The van der Waals surface area contributed by atoms with Crippen molar-refractivity contribution in [2.24, 2.45) is 5.92 Å². The molecule has 0 spiro atoms. The summed E-state index contributed by atoms with van der Waals surface area (Å²) in [4.78, 5) is 41.1. The van der Waals surface area contributed by atoms with Crippen molar-refractivity contribution in [3.63, 3.8) is 0 Å². The number of phosphoric ester groups is 1. The largest absolute Gasteiger partial charge is 0.530 e. The Labute approximate surface area is 374 Å². The molecule has 64 heavy (non-hydrogen) atoms. The average molecular weight is 885 g/mol. The summed E-state index contributed by atoms with van der Waals surface area (Å²) in [6.07, 6.45) is -0.293. The molecule has 6 rings (SSSR count). The maximum absolute atomic E-state index is 14.5. The van der Waals surface area contributed by atoms with Crippen LogP contribution < -0.4 is 19.9 Å². The molecule has 0 radical (unpaired) electrons. The Hall–Kier alpha value is -6.72. The fourth-order valence-corrected chi connectivity index (χ4v) is 7.57. The van der Waals surface area contributed by atoms with Crippen molar-refractivity contribution in [2.45, 2.75) is 71.8 Å². The van der Waals surface area contributed by atoms with E-state index in [1.165, 1.54) is 0 Å². The number of carbonyl (C=O) groups excluding carboxylic acids is 3. The zero-order valence-electron chi connectivity index (χ0n) is 35.9. The number of rotatable bonds is 23. The number of hydrogen-bond acceptors (Lipinski definition) is 10. The highest BCUT2D eigenvalue weighted by atomic mass is 31.2. The van der Waals surface area contributed by atoms with Gasteiger partial charge in [0.25, 0.3) is 0 Å². The van der Waals surface area contributed by atoms with Crippen LogP contribution in [0.3, 0.4) is 0 Å². The molecular weight excluding hydrogens is 832 g/mol. The molecule has 332 valence electrons. The van der Waals surface area contributed by atoms with Crippen LogP contribution in [0.2, 0.25) is 0 Å². The predicted octanol–water partition coefficient (Wildman–Crippen LogP) is 10.3. The summed E-state index contributed by atoms with van der Waals surface area (Å²) in [6.45, 7) is 3.69.